The summed E-state index contributed by atoms with van der Waals surface area (Å²) in [6.07, 6.45) is 1.57. The molecule has 2 aromatic rings. The molecule has 0 aliphatic heterocycles. The van der Waals surface area contributed by atoms with E-state index in [0.29, 0.717) is 23.3 Å². The van der Waals surface area contributed by atoms with Crippen molar-refractivity contribution in [3.8, 4) is 0 Å². The number of anilines is 1. The van der Waals surface area contributed by atoms with E-state index in [1.165, 1.54) is 11.6 Å². The van der Waals surface area contributed by atoms with Crippen LogP contribution in [0.5, 0.6) is 0 Å². The number of aromatic nitrogens is 3. The highest BCUT2D eigenvalue weighted by molar-refractivity contribution is 5.88. The van der Waals surface area contributed by atoms with Gasteiger partial charge in [-0.25, -0.2) is 9.78 Å². The van der Waals surface area contributed by atoms with E-state index in [0.717, 1.165) is 4.57 Å². The summed E-state index contributed by atoms with van der Waals surface area (Å²) in [5.41, 5.74) is 0.267. The molecule has 0 aliphatic carbocycles. The lowest BCUT2D eigenvalue weighted by atomic mass is 10.2. The Morgan fingerprint density at radius 1 is 1.35 bits per heavy atom. The summed E-state index contributed by atoms with van der Waals surface area (Å²) in [6.45, 7) is 2.46. The first-order chi connectivity index (χ1) is 9.47. The Labute approximate surface area is 115 Å². The van der Waals surface area contributed by atoms with Crippen LogP contribution in [-0.2, 0) is 18.8 Å². The van der Waals surface area contributed by atoms with E-state index >= 15 is 0 Å². The average Bonchev–Trinajstić information content (AvgIpc) is 2.43. The quantitative estimate of drug-likeness (QED) is 0.857. The second kappa shape index (κ2) is 5.46. The summed E-state index contributed by atoms with van der Waals surface area (Å²) in [5.74, 6) is 0. The monoisotopic (exact) mass is 278 g/mol. The van der Waals surface area contributed by atoms with Gasteiger partial charge in [0.25, 0.3) is 5.56 Å². The summed E-state index contributed by atoms with van der Waals surface area (Å²) in [7, 11) is 4.67. The molecule has 0 aliphatic rings. The lowest BCUT2D eigenvalue weighted by molar-refractivity contribution is 0.190. The Balaban J connectivity index is 2.69. The van der Waals surface area contributed by atoms with E-state index in [4.69, 9.17) is 4.74 Å². The third-order valence-electron chi connectivity index (χ3n) is 3.16. The fourth-order valence-electron chi connectivity index (χ4n) is 2.16. The predicted molar refractivity (Wildman–Crippen MR) is 77.2 cm³/mol. The Bertz CT molecular complexity index is 748. The number of hydrogen-bond donors (Lipinski definition) is 1. The second-order valence-corrected chi connectivity index (χ2v) is 4.76. The molecular weight excluding hydrogens is 260 g/mol. The maximum absolute atomic E-state index is 12.3. The third-order valence-corrected chi connectivity index (χ3v) is 3.16. The normalized spacial score (nSPS) is 12.6. The molecule has 0 spiro atoms. The standard InChI is InChI=1S/C13H18N4O3/c1-8(7-20-4)15-9-5-6-14-11-10(9)12(18)17(3)13(19)16(11)2/h5-6,8H,7H2,1-4H3,(H,14,15). The molecule has 1 unspecified atom stereocenters. The van der Waals surface area contributed by atoms with Crippen molar-refractivity contribution in [3.05, 3.63) is 33.1 Å². The predicted octanol–water partition coefficient (Wildman–Crippen LogP) is 0.0790. The second-order valence-electron chi connectivity index (χ2n) is 4.76. The number of pyridine rings is 1. The molecule has 0 amide bonds. The zero-order valence-electron chi connectivity index (χ0n) is 12.0. The number of aryl methyl sites for hydroxylation is 1. The van der Waals surface area contributed by atoms with Gasteiger partial charge in [-0.2, -0.15) is 0 Å². The van der Waals surface area contributed by atoms with E-state index in [-0.39, 0.29) is 11.6 Å². The Morgan fingerprint density at radius 3 is 2.70 bits per heavy atom. The molecule has 0 saturated carbocycles. The van der Waals surface area contributed by atoms with Crippen LogP contribution in [0.25, 0.3) is 11.0 Å². The molecule has 1 atom stereocenters. The summed E-state index contributed by atoms with van der Waals surface area (Å²) in [4.78, 5) is 28.3. The van der Waals surface area contributed by atoms with Gasteiger partial charge in [-0.1, -0.05) is 0 Å². The van der Waals surface area contributed by atoms with Gasteiger partial charge in [-0.05, 0) is 13.0 Å². The van der Waals surface area contributed by atoms with Gasteiger partial charge in [-0.15, -0.1) is 0 Å². The van der Waals surface area contributed by atoms with Crippen molar-refractivity contribution in [2.75, 3.05) is 19.0 Å². The number of methoxy groups -OCH3 is 1. The number of hydrogen-bond acceptors (Lipinski definition) is 5. The van der Waals surface area contributed by atoms with Gasteiger partial charge in [0.1, 0.15) is 5.39 Å². The maximum atomic E-state index is 12.3. The molecule has 0 bridgehead atoms. The lowest BCUT2D eigenvalue weighted by Crippen LogP contribution is -2.37. The number of ether oxygens (including phenoxy) is 1. The van der Waals surface area contributed by atoms with E-state index in [1.54, 1.807) is 26.4 Å². The zero-order valence-corrected chi connectivity index (χ0v) is 12.0. The van der Waals surface area contributed by atoms with E-state index < -0.39 is 5.69 Å². The number of nitrogens with zero attached hydrogens (tertiary/aromatic N) is 3. The van der Waals surface area contributed by atoms with Crippen LogP contribution < -0.4 is 16.6 Å². The van der Waals surface area contributed by atoms with Crippen molar-refractivity contribution in [1.29, 1.82) is 0 Å². The third kappa shape index (κ3) is 2.32. The van der Waals surface area contributed by atoms with Crippen molar-refractivity contribution in [2.24, 2.45) is 14.1 Å². The maximum Gasteiger partial charge on any atom is 0.332 e. The van der Waals surface area contributed by atoms with E-state index in [2.05, 4.69) is 10.3 Å². The van der Waals surface area contributed by atoms with Gasteiger partial charge in [0.15, 0.2) is 5.65 Å². The zero-order chi connectivity index (χ0) is 14.9. The molecule has 1 N–H and O–H groups in total. The topological polar surface area (TPSA) is 78.2 Å². The van der Waals surface area contributed by atoms with Crippen LogP contribution in [0.3, 0.4) is 0 Å². The Morgan fingerprint density at radius 2 is 2.05 bits per heavy atom. The number of fused-ring (bicyclic) bond motifs is 1. The van der Waals surface area contributed by atoms with Crippen LogP contribution in [0.2, 0.25) is 0 Å². The molecule has 108 valence electrons. The van der Waals surface area contributed by atoms with Crippen LogP contribution >= 0.6 is 0 Å². The molecule has 2 heterocycles. The number of rotatable bonds is 4. The van der Waals surface area contributed by atoms with Crippen LogP contribution in [0.15, 0.2) is 21.9 Å². The minimum absolute atomic E-state index is 0.0348. The summed E-state index contributed by atoms with van der Waals surface area (Å²) in [5, 5.41) is 3.61. The molecule has 2 rings (SSSR count). The van der Waals surface area contributed by atoms with Crippen LogP contribution in [0.1, 0.15) is 6.92 Å². The Hall–Kier alpha value is -2.15. The summed E-state index contributed by atoms with van der Waals surface area (Å²) in [6, 6.07) is 1.76. The molecule has 0 radical (unpaired) electrons. The SMILES string of the molecule is COCC(C)Nc1ccnc2c1c(=O)n(C)c(=O)n2C. The van der Waals surface area contributed by atoms with Crippen molar-refractivity contribution < 1.29 is 4.74 Å². The van der Waals surface area contributed by atoms with Crippen molar-refractivity contribution in [1.82, 2.24) is 14.1 Å². The minimum atomic E-state index is -0.392. The first-order valence-electron chi connectivity index (χ1n) is 6.27. The lowest BCUT2D eigenvalue weighted by Gasteiger charge is -2.16. The van der Waals surface area contributed by atoms with Crippen LogP contribution in [-0.4, -0.2) is 33.9 Å². The Kier molecular flexibility index (Phi) is 3.89. The molecule has 7 heteroatoms. The smallest absolute Gasteiger partial charge is 0.332 e. The average molecular weight is 278 g/mol. The fourth-order valence-corrected chi connectivity index (χ4v) is 2.16. The highest BCUT2D eigenvalue weighted by Gasteiger charge is 2.14. The molecular formula is C13H18N4O3. The van der Waals surface area contributed by atoms with Crippen LogP contribution in [0.4, 0.5) is 5.69 Å². The molecule has 0 aromatic carbocycles. The van der Waals surface area contributed by atoms with Gasteiger partial charge in [0.05, 0.1) is 12.3 Å². The van der Waals surface area contributed by atoms with Gasteiger partial charge in [0.2, 0.25) is 0 Å². The highest BCUT2D eigenvalue weighted by Crippen LogP contribution is 2.17. The van der Waals surface area contributed by atoms with Crippen LogP contribution in [0, 0.1) is 0 Å². The molecule has 0 fully saturated rings. The van der Waals surface area contributed by atoms with E-state index in [9.17, 15) is 9.59 Å². The van der Waals surface area contributed by atoms with Gasteiger partial charge >= 0.3 is 5.69 Å². The first kappa shape index (κ1) is 14.3. The summed E-state index contributed by atoms with van der Waals surface area (Å²) >= 11 is 0. The van der Waals surface area contributed by atoms with Crippen molar-refractivity contribution in [2.45, 2.75) is 13.0 Å². The molecule has 0 saturated heterocycles. The number of nitrogens with one attached hydrogen (secondary N) is 1. The highest BCUT2D eigenvalue weighted by atomic mass is 16.5. The molecule has 2 aromatic heterocycles. The summed E-state index contributed by atoms with van der Waals surface area (Å²) < 4.78 is 7.51. The van der Waals surface area contributed by atoms with Crippen molar-refractivity contribution >= 4 is 16.7 Å². The fraction of sp³-hybridized carbons (Fsp3) is 0.462. The largest absolute Gasteiger partial charge is 0.383 e. The van der Waals surface area contributed by atoms with E-state index in [1.807, 2.05) is 6.92 Å². The van der Waals surface area contributed by atoms with Crippen molar-refractivity contribution in [3.63, 3.8) is 0 Å². The molecule has 20 heavy (non-hydrogen) atoms. The first-order valence-corrected chi connectivity index (χ1v) is 6.27. The van der Waals surface area contributed by atoms with Gasteiger partial charge in [0, 0.05) is 33.4 Å². The molecule has 7 nitrogen and oxygen atoms in total. The van der Waals surface area contributed by atoms with Gasteiger partial charge < -0.3 is 10.1 Å². The van der Waals surface area contributed by atoms with Gasteiger partial charge in [-0.3, -0.25) is 13.9 Å². The minimum Gasteiger partial charge on any atom is -0.383 e.